The number of carbonyl (C=O) groups excluding carboxylic acids is 1. The normalized spacial score (nSPS) is 14.6. The lowest BCUT2D eigenvalue weighted by atomic mass is 9.89. The van der Waals surface area contributed by atoms with Crippen LogP contribution in [0.3, 0.4) is 0 Å². The second kappa shape index (κ2) is 10.3. The Hall–Kier alpha value is -2.50. The zero-order chi connectivity index (χ0) is 20.6. The molecule has 0 spiro atoms. The molecule has 6 nitrogen and oxygen atoms in total. The van der Waals surface area contributed by atoms with Gasteiger partial charge in [0.2, 0.25) is 5.88 Å². The molecule has 3 rings (SSSR count). The van der Waals surface area contributed by atoms with Crippen molar-refractivity contribution in [3.8, 4) is 23.0 Å². The molecule has 1 saturated carbocycles. The number of nitrogens with zero attached hydrogens (tertiary/aromatic N) is 2. The average Bonchev–Trinajstić information content (AvgIpc) is 3.04. The first-order chi connectivity index (χ1) is 14.1. The van der Waals surface area contributed by atoms with Crippen molar-refractivity contribution in [3.63, 3.8) is 0 Å². The lowest BCUT2D eigenvalue weighted by molar-refractivity contribution is 0.198. The largest absolute Gasteiger partial charge is 0.496 e. The number of methoxy groups -OCH3 is 1. The molecule has 1 aromatic carbocycles. The molecule has 1 amide bonds. The molecule has 1 fully saturated rings. The summed E-state index contributed by atoms with van der Waals surface area (Å²) in [6.07, 6.45) is 7.86. The highest BCUT2D eigenvalue weighted by atomic mass is 16.6. The quantitative estimate of drug-likeness (QED) is 0.609. The van der Waals surface area contributed by atoms with Crippen LogP contribution < -0.4 is 14.8 Å². The van der Waals surface area contributed by atoms with Gasteiger partial charge >= 0.3 is 6.09 Å². The molecule has 6 heteroatoms. The van der Waals surface area contributed by atoms with Crippen LogP contribution in [0.25, 0.3) is 11.4 Å². The van der Waals surface area contributed by atoms with Crippen LogP contribution in [0.4, 0.5) is 4.79 Å². The van der Waals surface area contributed by atoms with Gasteiger partial charge in [-0.15, -0.1) is 0 Å². The van der Waals surface area contributed by atoms with Crippen molar-refractivity contribution in [2.45, 2.75) is 65.3 Å². The lowest BCUT2D eigenvalue weighted by Crippen LogP contribution is -2.28. The molecule has 0 radical (unpaired) electrons. The third kappa shape index (κ3) is 5.31. The number of para-hydroxylation sites is 1. The molecule has 0 unspecified atom stereocenters. The molecule has 1 heterocycles. The number of hydrogen-bond donors (Lipinski definition) is 1. The minimum Gasteiger partial charge on any atom is -0.496 e. The predicted molar refractivity (Wildman–Crippen MR) is 114 cm³/mol. The zero-order valence-corrected chi connectivity index (χ0v) is 17.9. The van der Waals surface area contributed by atoms with E-state index in [2.05, 4.69) is 16.8 Å². The number of unbranched alkanes of at least 4 members (excludes halogenated alkanes) is 1. The van der Waals surface area contributed by atoms with Gasteiger partial charge in [-0.2, -0.15) is 4.98 Å². The molecule has 1 aliphatic rings. The number of hydrogen-bond acceptors (Lipinski definition) is 4. The summed E-state index contributed by atoms with van der Waals surface area (Å²) in [5.41, 5.74) is 1.79. The van der Waals surface area contributed by atoms with Gasteiger partial charge in [-0.1, -0.05) is 44.7 Å². The van der Waals surface area contributed by atoms with Crippen LogP contribution in [0, 0.1) is 12.8 Å². The maximum atomic E-state index is 12.2. The van der Waals surface area contributed by atoms with Crippen molar-refractivity contribution in [1.29, 1.82) is 0 Å². The van der Waals surface area contributed by atoms with Gasteiger partial charge in [-0.05, 0) is 44.2 Å². The van der Waals surface area contributed by atoms with Gasteiger partial charge in [0.15, 0.2) is 0 Å². The van der Waals surface area contributed by atoms with Crippen molar-refractivity contribution in [3.05, 3.63) is 30.0 Å². The summed E-state index contributed by atoms with van der Waals surface area (Å²) in [5.74, 6) is 2.55. The van der Waals surface area contributed by atoms with Gasteiger partial charge < -0.3 is 19.4 Å². The van der Waals surface area contributed by atoms with Crippen molar-refractivity contribution in [2.24, 2.45) is 5.92 Å². The van der Waals surface area contributed by atoms with E-state index in [0.29, 0.717) is 18.3 Å². The van der Waals surface area contributed by atoms with Gasteiger partial charge in [-0.25, -0.2) is 4.79 Å². The Balaban J connectivity index is 1.90. The van der Waals surface area contributed by atoms with E-state index in [1.165, 1.54) is 32.1 Å². The van der Waals surface area contributed by atoms with Crippen molar-refractivity contribution < 1.29 is 14.3 Å². The smallest absolute Gasteiger partial charge is 0.414 e. The number of rotatable bonds is 8. The van der Waals surface area contributed by atoms with E-state index < -0.39 is 6.09 Å². The van der Waals surface area contributed by atoms with E-state index in [1.54, 1.807) is 7.11 Å². The molecule has 1 aromatic heterocycles. The number of aromatic nitrogens is 2. The van der Waals surface area contributed by atoms with Crippen molar-refractivity contribution >= 4 is 6.09 Å². The minimum atomic E-state index is -0.449. The highest BCUT2D eigenvalue weighted by Gasteiger charge is 2.24. The first-order valence-electron chi connectivity index (χ1n) is 10.8. The van der Waals surface area contributed by atoms with E-state index in [0.717, 1.165) is 42.2 Å². The molecule has 0 atom stereocenters. The van der Waals surface area contributed by atoms with Gasteiger partial charge in [0.05, 0.1) is 18.4 Å². The third-order valence-electron chi connectivity index (χ3n) is 5.68. The number of nitrogens with one attached hydrogen (secondary N) is 1. The molecule has 2 aromatic rings. The number of ether oxygens (including phenoxy) is 2. The molecular weight excluding hydrogens is 366 g/mol. The van der Waals surface area contributed by atoms with Crippen LogP contribution in [-0.2, 0) is 6.54 Å². The summed E-state index contributed by atoms with van der Waals surface area (Å²) in [6.45, 7) is 5.55. The Kier molecular flexibility index (Phi) is 7.55. The molecule has 29 heavy (non-hydrogen) atoms. The van der Waals surface area contributed by atoms with Gasteiger partial charge in [0.25, 0.3) is 0 Å². The van der Waals surface area contributed by atoms with E-state index in [4.69, 9.17) is 14.5 Å². The second-order valence-electron chi connectivity index (χ2n) is 7.81. The highest BCUT2D eigenvalue weighted by molar-refractivity contribution is 5.71. The SMILES string of the molecule is CCCCNC(=O)Oc1nc(-c2ccccc2OC)n(CC2CCCCC2)c1C. The van der Waals surface area contributed by atoms with Gasteiger partial charge in [-0.3, -0.25) is 0 Å². The van der Waals surface area contributed by atoms with E-state index in [1.807, 2.05) is 31.2 Å². The summed E-state index contributed by atoms with van der Waals surface area (Å²) in [4.78, 5) is 16.9. The summed E-state index contributed by atoms with van der Waals surface area (Å²) in [7, 11) is 1.67. The number of benzene rings is 1. The Morgan fingerprint density at radius 1 is 1.24 bits per heavy atom. The molecule has 0 bridgehead atoms. The number of amides is 1. The molecule has 0 aliphatic heterocycles. The van der Waals surface area contributed by atoms with Crippen LogP contribution in [0.5, 0.6) is 11.6 Å². The summed E-state index contributed by atoms with van der Waals surface area (Å²) >= 11 is 0. The Morgan fingerprint density at radius 3 is 2.72 bits per heavy atom. The maximum Gasteiger partial charge on any atom is 0.414 e. The van der Waals surface area contributed by atoms with E-state index in [-0.39, 0.29) is 0 Å². The minimum absolute atomic E-state index is 0.371. The fourth-order valence-electron chi connectivity index (χ4n) is 3.99. The molecular formula is C23H33N3O3. The van der Waals surface area contributed by atoms with Crippen LogP contribution in [0.2, 0.25) is 0 Å². The fraction of sp³-hybridized carbons (Fsp3) is 0.565. The number of imidazole rings is 1. The third-order valence-corrected chi connectivity index (χ3v) is 5.68. The van der Waals surface area contributed by atoms with Gasteiger partial charge in [0, 0.05) is 13.1 Å². The van der Waals surface area contributed by atoms with E-state index in [9.17, 15) is 4.79 Å². The Morgan fingerprint density at radius 2 is 2.00 bits per heavy atom. The number of carbonyl (C=O) groups is 1. The van der Waals surface area contributed by atoms with Crippen molar-refractivity contribution in [1.82, 2.24) is 14.9 Å². The topological polar surface area (TPSA) is 65.4 Å². The first-order valence-corrected chi connectivity index (χ1v) is 10.8. The van der Waals surface area contributed by atoms with Crippen molar-refractivity contribution in [2.75, 3.05) is 13.7 Å². The second-order valence-corrected chi connectivity index (χ2v) is 7.81. The summed E-state index contributed by atoms with van der Waals surface area (Å²) < 4.78 is 13.3. The predicted octanol–water partition coefficient (Wildman–Crippen LogP) is 5.34. The van der Waals surface area contributed by atoms with Crippen LogP contribution in [0.15, 0.2) is 24.3 Å². The van der Waals surface area contributed by atoms with Crippen LogP contribution >= 0.6 is 0 Å². The Labute approximate surface area is 173 Å². The first kappa shape index (κ1) is 21.2. The van der Waals surface area contributed by atoms with Crippen LogP contribution in [0.1, 0.15) is 57.6 Å². The molecule has 0 saturated heterocycles. The average molecular weight is 400 g/mol. The molecule has 1 aliphatic carbocycles. The lowest BCUT2D eigenvalue weighted by Gasteiger charge is -2.23. The summed E-state index contributed by atoms with van der Waals surface area (Å²) in [5, 5.41) is 2.80. The highest BCUT2D eigenvalue weighted by Crippen LogP contribution is 2.35. The van der Waals surface area contributed by atoms with Gasteiger partial charge in [0.1, 0.15) is 11.6 Å². The zero-order valence-electron chi connectivity index (χ0n) is 17.9. The summed E-state index contributed by atoms with van der Waals surface area (Å²) in [6, 6.07) is 7.86. The molecule has 1 N–H and O–H groups in total. The monoisotopic (exact) mass is 399 g/mol. The molecule has 158 valence electrons. The van der Waals surface area contributed by atoms with Crippen LogP contribution in [-0.4, -0.2) is 29.3 Å². The standard InChI is InChI=1S/C23H33N3O3/c1-4-5-15-24-23(27)29-22-17(2)26(16-18-11-7-6-8-12-18)21(25-22)19-13-9-10-14-20(19)28-3/h9-10,13-14,18H,4-8,11-12,15-16H2,1-3H3,(H,24,27). The fourth-order valence-corrected chi connectivity index (χ4v) is 3.99. The maximum absolute atomic E-state index is 12.2. The van der Waals surface area contributed by atoms with E-state index >= 15 is 0 Å². The Bertz CT molecular complexity index is 810.